The molecule has 0 radical (unpaired) electrons. The van der Waals surface area contributed by atoms with Gasteiger partial charge in [-0.2, -0.15) is 5.10 Å². The van der Waals surface area contributed by atoms with Crippen molar-refractivity contribution in [1.82, 2.24) is 30.9 Å². The number of benzene rings is 1. The molecule has 2 aromatic rings. The van der Waals surface area contributed by atoms with Gasteiger partial charge in [-0.05, 0) is 28.6 Å². The van der Waals surface area contributed by atoms with Crippen molar-refractivity contribution in [2.45, 2.75) is 19.6 Å². The van der Waals surface area contributed by atoms with Crippen LogP contribution in [0, 0.1) is 5.82 Å². The number of H-pyrrole nitrogens is 1. The molecule has 13 heteroatoms. The average Bonchev–Trinajstić information content (AvgIpc) is 3.36. The van der Waals surface area contributed by atoms with Gasteiger partial charge in [0.15, 0.2) is 5.82 Å². The smallest absolute Gasteiger partial charge is 0.414 e. The Labute approximate surface area is 170 Å². The summed E-state index contributed by atoms with van der Waals surface area (Å²) in [6.07, 6.45) is 0.484. The molecule has 1 atom stereocenters. The molecule has 0 unspecified atom stereocenters. The summed E-state index contributed by atoms with van der Waals surface area (Å²) in [5, 5.41) is 22.2. The Balaban J connectivity index is 1.40. The number of carbonyl (C=O) groups excluding carboxylic acids is 2. The summed E-state index contributed by atoms with van der Waals surface area (Å²) >= 11 is 0. The van der Waals surface area contributed by atoms with Crippen LogP contribution < -0.4 is 15.1 Å². The largest absolute Gasteiger partial charge is 0.442 e. The van der Waals surface area contributed by atoms with Crippen LogP contribution in [0.1, 0.15) is 12.7 Å². The van der Waals surface area contributed by atoms with Crippen molar-refractivity contribution >= 4 is 29.7 Å². The molecule has 2 N–H and O–H groups in total. The molecule has 1 aromatic heterocycles. The van der Waals surface area contributed by atoms with Gasteiger partial charge in [-0.1, -0.05) is 0 Å². The van der Waals surface area contributed by atoms with Gasteiger partial charge < -0.3 is 15.0 Å². The molecule has 0 spiro atoms. The Kier molecular flexibility index (Phi) is 5.41. The minimum atomic E-state index is -0.574. The number of tetrazole rings is 1. The first-order chi connectivity index (χ1) is 14.5. The summed E-state index contributed by atoms with van der Waals surface area (Å²) in [5.74, 6) is -0.102. The predicted molar refractivity (Wildman–Crippen MR) is 103 cm³/mol. The monoisotopic (exact) mass is 417 g/mol. The Hall–Kier alpha value is -3.77. The SMILES string of the molecule is CC(=O)NC[C@H]1CN(c2ccc(N3C=NN(Cc4nnn[nH]4)CC3)c(F)c2)C(=O)O1. The molecular weight excluding hydrogens is 397 g/mol. The van der Waals surface area contributed by atoms with E-state index >= 15 is 0 Å². The van der Waals surface area contributed by atoms with E-state index in [0.717, 1.165) is 0 Å². The number of ether oxygens (including phenoxy) is 1. The van der Waals surface area contributed by atoms with Crippen LogP contribution in [-0.2, 0) is 16.1 Å². The maximum Gasteiger partial charge on any atom is 0.414 e. The molecule has 0 bridgehead atoms. The third-order valence-electron chi connectivity index (χ3n) is 4.68. The van der Waals surface area contributed by atoms with E-state index in [4.69, 9.17) is 4.74 Å². The number of hydrazone groups is 1. The predicted octanol–water partition coefficient (Wildman–Crippen LogP) is 0.0656. The quantitative estimate of drug-likeness (QED) is 0.675. The average molecular weight is 417 g/mol. The summed E-state index contributed by atoms with van der Waals surface area (Å²) in [6.45, 7) is 3.33. The standard InChI is InChI=1S/C17H20FN9O3/c1-11(28)19-7-13-8-27(17(29)30-13)12-2-3-15(14(18)6-12)25-4-5-26(20-10-25)9-16-21-23-24-22-16/h2-3,6,10,13H,4-5,7-9H2,1H3,(H,19,28)(H,21,22,23,24)/t13-/m0/s1. The Morgan fingerprint density at radius 3 is 2.93 bits per heavy atom. The van der Waals surface area contributed by atoms with E-state index in [9.17, 15) is 14.0 Å². The zero-order chi connectivity index (χ0) is 21.1. The van der Waals surface area contributed by atoms with Crippen LogP contribution in [0.2, 0.25) is 0 Å². The molecular formula is C17H20FN9O3. The Morgan fingerprint density at radius 1 is 1.40 bits per heavy atom. The zero-order valence-corrected chi connectivity index (χ0v) is 16.2. The number of rotatable bonds is 6. The van der Waals surface area contributed by atoms with Gasteiger partial charge in [0.25, 0.3) is 0 Å². The number of halogens is 1. The summed E-state index contributed by atoms with van der Waals surface area (Å²) in [4.78, 5) is 26.2. The number of nitrogens with one attached hydrogen (secondary N) is 2. The normalized spacial score (nSPS) is 18.7. The van der Waals surface area contributed by atoms with Crippen molar-refractivity contribution in [2.24, 2.45) is 5.10 Å². The van der Waals surface area contributed by atoms with Crippen LogP contribution in [0.4, 0.5) is 20.6 Å². The molecule has 2 aliphatic rings. The van der Waals surface area contributed by atoms with Gasteiger partial charge in [0.2, 0.25) is 5.91 Å². The number of amides is 2. The molecule has 0 aliphatic carbocycles. The van der Waals surface area contributed by atoms with Crippen molar-refractivity contribution < 1.29 is 18.7 Å². The fourth-order valence-electron chi connectivity index (χ4n) is 3.19. The maximum atomic E-state index is 14.8. The van der Waals surface area contributed by atoms with E-state index in [2.05, 4.69) is 31.0 Å². The van der Waals surface area contributed by atoms with Crippen LogP contribution >= 0.6 is 0 Å². The summed E-state index contributed by atoms with van der Waals surface area (Å²) < 4.78 is 20.0. The summed E-state index contributed by atoms with van der Waals surface area (Å²) in [5.41, 5.74) is 0.741. The molecule has 1 saturated heterocycles. The minimum absolute atomic E-state index is 0.209. The van der Waals surface area contributed by atoms with Crippen LogP contribution in [0.15, 0.2) is 23.3 Å². The lowest BCUT2D eigenvalue weighted by Crippen LogP contribution is -2.38. The minimum Gasteiger partial charge on any atom is -0.442 e. The lowest BCUT2D eigenvalue weighted by atomic mass is 10.2. The highest BCUT2D eigenvalue weighted by Crippen LogP contribution is 2.28. The van der Waals surface area contributed by atoms with Crippen LogP contribution in [0.25, 0.3) is 0 Å². The van der Waals surface area contributed by atoms with E-state index in [-0.39, 0.29) is 19.0 Å². The van der Waals surface area contributed by atoms with Crippen molar-refractivity contribution in [3.63, 3.8) is 0 Å². The second kappa shape index (κ2) is 8.31. The van der Waals surface area contributed by atoms with E-state index in [1.807, 2.05) is 0 Å². The van der Waals surface area contributed by atoms with E-state index < -0.39 is 18.0 Å². The molecule has 0 saturated carbocycles. The molecule has 2 amide bonds. The van der Waals surface area contributed by atoms with Gasteiger partial charge in [-0.15, -0.1) is 5.10 Å². The molecule has 158 valence electrons. The lowest BCUT2D eigenvalue weighted by molar-refractivity contribution is -0.119. The van der Waals surface area contributed by atoms with Crippen molar-refractivity contribution in [2.75, 3.05) is 36.0 Å². The number of carbonyl (C=O) groups is 2. The van der Waals surface area contributed by atoms with Crippen LogP contribution in [-0.4, -0.2) is 76.3 Å². The first-order valence-corrected chi connectivity index (χ1v) is 9.30. The topological polar surface area (TPSA) is 132 Å². The first-order valence-electron chi connectivity index (χ1n) is 9.30. The molecule has 30 heavy (non-hydrogen) atoms. The first kappa shape index (κ1) is 19.5. The van der Waals surface area contributed by atoms with E-state index in [1.54, 1.807) is 28.4 Å². The number of nitrogens with zero attached hydrogens (tertiary/aromatic N) is 7. The Bertz CT molecular complexity index is 952. The molecule has 3 heterocycles. The highest BCUT2D eigenvalue weighted by Gasteiger charge is 2.33. The van der Waals surface area contributed by atoms with Gasteiger partial charge in [0.1, 0.15) is 18.3 Å². The summed E-state index contributed by atoms with van der Waals surface area (Å²) in [6, 6.07) is 4.54. The van der Waals surface area contributed by atoms with Gasteiger partial charge in [-0.25, -0.2) is 14.3 Å². The third-order valence-corrected chi connectivity index (χ3v) is 4.68. The van der Waals surface area contributed by atoms with Gasteiger partial charge in [0, 0.05) is 13.5 Å². The highest BCUT2D eigenvalue weighted by atomic mass is 19.1. The molecule has 2 aliphatic heterocycles. The number of aromatic amines is 1. The third kappa shape index (κ3) is 4.29. The van der Waals surface area contributed by atoms with Crippen molar-refractivity contribution in [3.8, 4) is 0 Å². The zero-order valence-electron chi connectivity index (χ0n) is 16.2. The van der Waals surface area contributed by atoms with Gasteiger partial charge in [0.05, 0.1) is 37.6 Å². The fraction of sp³-hybridized carbons (Fsp3) is 0.412. The number of aromatic nitrogens is 4. The Morgan fingerprint density at radius 2 is 2.27 bits per heavy atom. The summed E-state index contributed by atoms with van der Waals surface area (Å²) in [7, 11) is 0. The number of anilines is 2. The highest BCUT2D eigenvalue weighted by molar-refractivity contribution is 5.90. The number of hydrogen-bond donors (Lipinski definition) is 2. The van der Waals surface area contributed by atoms with Gasteiger partial charge in [-0.3, -0.25) is 14.7 Å². The van der Waals surface area contributed by atoms with Crippen molar-refractivity contribution in [3.05, 3.63) is 29.8 Å². The maximum absolute atomic E-state index is 14.8. The second-order valence-corrected chi connectivity index (χ2v) is 6.85. The van der Waals surface area contributed by atoms with Gasteiger partial charge >= 0.3 is 6.09 Å². The fourth-order valence-corrected chi connectivity index (χ4v) is 3.19. The molecule has 1 fully saturated rings. The number of hydrogen-bond acceptors (Lipinski definition) is 9. The molecule has 12 nitrogen and oxygen atoms in total. The number of cyclic esters (lactones) is 1. The van der Waals surface area contributed by atoms with Crippen LogP contribution in [0.5, 0.6) is 0 Å². The lowest BCUT2D eigenvalue weighted by Gasteiger charge is -2.29. The van der Waals surface area contributed by atoms with Crippen molar-refractivity contribution in [1.29, 1.82) is 0 Å². The molecule has 4 rings (SSSR count). The molecule has 1 aromatic carbocycles. The second-order valence-electron chi connectivity index (χ2n) is 6.85. The van der Waals surface area contributed by atoms with E-state index in [0.29, 0.717) is 36.8 Å². The van der Waals surface area contributed by atoms with E-state index in [1.165, 1.54) is 17.9 Å². The van der Waals surface area contributed by atoms with Crippen LogP contribution in [0.3, 0.4) is 0 Å².